The highest BCUT2D eigenvalue weighted by Crippen LogP contribution is 2.14. The van der Waals surface area contributed by atoms with Crippen LogP contribution >= 0.6 is 0 Å². The van der Waals surface area contributed by atoms with Crippen LogP contribution in [-0.4, -0.2) is 27.4 Å². The summed E-state index contributed by atoms with van der Waals surface area (Å²) < 4.78 is 35.8. The van der Waals surface area contributed by atoms with E-state index in [4.69, 9.17) is 0 Å². The maximum atomic E-state index is 11.9. The molecule has 0 bridgehead atoms. The number of carbonyl (C=O) groups is 1. The van der Waals surface area contributed by atoms with Gasteiger partial charge in [-0.2, -0.15) is 18.3 Å². The van der Waals surface area contributed by atoms with Gasteiger partial charge in [-0.15, -0.1) is 0 Å². The summed E-state index contributed by atoms with van der Waals surface area (Å²) in [5.41, 5.74) is 0.597. The first-order chi connectivity index (χ1) is 8.46. The van der Waals surface area contributed by atoms with Crippen molar-refractivity contribution in [3.05, 3.63) is 36.2 Å². The van der Waals surface area contributed by atoms with E-state index in [0.29, 0.717) is 5.56 Å². The van der Waals surface area contributed by atoms with Crippen LogP contribution in [0, 0.1) is 0 Å². The zero-order chi connectivity index (χ0) is 13.2. The number of nitrogens with one attached hydrogen (secondary N) is 2. The summed E-state index contributed by atoms with van der Waals surface area (Å²) in [6.45, 7) is 0. The maximum Gasteiger partial charge on any atom is 0.484 e. The molecule has 18 heavy (non-hydrogen) atoms. The smallest absolute Gasteiger partial charge is 0.265 e. The molecular weight excluding hydrogens is 249 g/mol. The quantitative estimate of drug-likeness (QED) is 0.804. The molecule has 1 aromatic heterocycles. The Hall–Kier alpha value is -2.38. The Morgan fingerprint density at radius 3 is 2.50 bits per heavy atom. The number of H-pyrrole nitrogens is 1. The second kappa shape index (κ2) is 4.47. The first-order valence-electron chi connectivity index (χ1n) is 4.83. The predicted octanol–water partition coefficient (Wildman–Crippen LogP) is 1.72. The number of nitrogens with zero attached hydrogens (tertiary/aromatic N) is 2. The second-order valence-corrected chi connectivity index (χ2v) is 3.33. The van der Waals surface area contributed by atoms with Crippen molar-refractivity contribution in [1.29, 1.82) is 0 Å². The Kier molecular flexibility index (Phi) is 3.00. The molecule has 94 valence electrons. The number of hydrogen-bond donors (Lipinski definition) is 2. The minimum Gasteiger partial charge on any atom is -0.265 e. The first-order valence-corrected chi connectivity index (χ1v) is 4.83. The van der Waals surface area contributed by atoms with Gasteiger partial charge in [0.15, 0.2) is 5.82 Å². The van der Waals surface area contributed by atoms with Crippen LogP contribution in [0.25, 0.3) is 11.4 Å². The van der Waals surface area contributed by atoms with Gasteiger partial charge in [0, 0.05) is 5.56 Å². The molecule has 0 aliphatic carbocycles. The molecule has 0 unspecified atom stereocenters. The number of benzene rings is 1. The molecule has 5 nitrogen and oxygen atoms in total. The molecule has 2 N–H and O–H groups in total. The Morgan fingerprint density at radius 1 is 1.22 bits per heavy atom. The normalized spacial score (nSPS) is 11.3. The van der Waals surface area contributed by atoms with Crippen LogP contribution in [0.15, 0.2) is 30.3 Å². The molecule has 0 radical (unpaired) electrons. The van der Waals surface area contributed by atoms with Crippen LogP contribution in [0.4, 0.5) is 13.2 Å². The lowest BCUT2D eigenvalue weighted by Gasteiger charge is -2.05. The van der Waals surface area contributed by atoms with Crippen LogP contribution < -0.4 is 5.32 Å². The number of carbonyl (C=O) groups excluding carboxylic acids is 1. The number of amides is 1. The summed E-state index contributed by atoms with van der Waals surface area (Å²) in [5.74, 6) is -1.72. The van der Waals surface area contributed by atoms with E-state index in [9.17, 15) is 18.0 Å². The van der Waals surface area contributed by atoms with Crippen LogP contribution in [0.5, 0.6) is 0 Å². The van der Waals surface area contributed by atoms with Gasteiger partial charge in [0.05, 0.1) is 0 Å². The van der Waals surface area contributed by atoms with E-state index in [2.05, 4.69) is 15.2 Å². The highest BCUT2D eigenvalue weighted by molar-refractivity contribution is 5.91. The summed E-state index contributed by atoms with van der Waals surface area (Å²) >= 11 is 0. The van der Waals surface area contributed by atoms with Gasteiger partial charge < -0.3 is 0 Å². The third-order valence-electron chi connectivity index (χ3n) is 1.99. The Balaban J connectivity index is 2.19. The average Bonchev–Trinajstić information content (AvgIpc) is 2.77. The van der Waals surface area contributed by atoms with E-state index in [0.717, 1.165) is 5.32 Å². The van der Waals surface area contributed by atoms with Crippen LogP contribution in [0.2, 0.25) is 0 Å². The Morgan fingerprint density at radius 2 is 1.89 bits per heavy atom. The van der Waals surface area contributed by atoms with Crippen molar-refractivity contribution in [3.63, 3.8) is 0 Å². The Bertz CT molecular complexity index is 550. The fourth-order valence-corrected chi connectivity index (χ4v) is 1.27. The van der Waals surface area contributed by atoms with E-state index in [1.807, 2.05) is 0 Å². The molecule has 1 amide bonds. The molecule has 0 fully saturated rings. The van der Waals surface area contributed by atoms with E-state index in [-0.39, 0.29) is 5.82 Å². The number of aromatic amines is 1. The lowest BCUT2D eigenvalue weighted by Crippen LogP contribution is -2.37. The standard InChI is InChI=1S/C10H7F3N4O/c11-10(12,13)15-9(18)8-14-7(16-17-8)6-4-2-1-3-5-6/h1-5H,(H,15,18)(H,14,16,17). The molecule has 0 atom stereocenters. The van der Waals surface area contributed by atoms with Crippen molar-refractivity contribution < 1.29 is 18.0 Å². The van der Waals surface area contributed by atoms with Gasteiger partial charge in [0.2, 0.25) is 5.82 Å². The van der Waals surface area contributed by atoms with Crippen LogP contribution in [0.1, 0.15) is 10.6 Å². The zero-order valence-corrected chi connectivity index (χ0v) is 8.82. The Labute approximate surface area is 99.0 Å². The average molecular weight is 256 g/mol. The summed E-state index contributed by atoms with van der Waals surface area (Å²) in [7, 11) is 0. The van der Waals surface area contributed by atoms with Gasteiger partial charge in [0.25, 0.3) is 5.91 Å². The number of aromatic nitrogens is 3. The molecule has 2 rings (SSSR count). The second-order valence-electron chi connectivity index (χ2n) is 3.33. The van der Waals surface area contributed by atoms with Crippen molar-refractivity contribution in [3.8, 4) is 11.4 Å². The van der Waals surface area contributed by atoms with Crippen LogP contribution in [0.3, 0.4) is 0 Å². The minimum atomic E-state index is -4.79. The molecule has 0 saturated carbocycles. The topological polar surface area (TPSA) is 70.7 Å². The fourth-order valence-electron chi connectivity index (χ4n) is 1.27. The summed E-state index contributed by atoms with van der Waals surface area (Å²) in [4.78, 5) is 14.8. The molecule has 0 aliphatic heterocycles. The molecule has 1 aromatic carbocycles. The lowest BCUT2D eigenvalue weighted by atomic mass is 10.2. The summed E-state index contributed by atoms with van der Waals surface area (Å²) in [5, 5.41) is 6.65. The minimum absolute atomic E-state index is 0.155. The number of halogens is 3. The largest absolute Gasteiger partial charge is 0.484 e. The molecular formula is C10H7F3N4O. The first kappa shape index (κ1) is 12.1. The maximum absolute atomic E-state index is 11.9. The van der Waals surface area contributed by atoms with Crippen molar-refractivity contribution in [2.75, 3.05) is 0 Å². The van der Waals surface area contributed by atoms with Gasteiger partial charge in [-0.3, -0.25) is 15.2 Å². The summed E-state index contributed by atoms with van der Waals surface area (Å²) in [6.07, 6.45) is -4.79. The number of hydrogen-bond acceptors (Lipinski definition) is 3. The van der Waals surface area contributed by atoms with E-state index in [1.165, 1.54) is 0 Å². The molecule has 0 saturated heterocycles. The van der Waals surface area contributed by atoms with Gasteiger partial charge in [-0.1, -0.05) is 30.3 Å². The molecule has 0 spiro atoms. The molecule has 2 aromatic rings. The lowest BCUT2D eigenvalue weighted by molar-refractivity contribution is -0.146. The van der Waals surface area contributed by atoms with Gasteiger partial charge in [-0.25, -0.2) is 4.98 Å². The molecule has 1 heterocycles. The number of rotatable bonds is 2. The van der Waals surface area contributed by atoms with Crippen molar-refractivity contribution in [1.82, 2.24) is 20.5 Å². The third-order valence-corrected chi connectivity index (χ3v) is 1.99. The highest BCUT2D eigenvalue weighted by atomic mass is 19.4. The molecule has 0 aliphatic rings. The fraction of sp³-hybridized carbons (Fsp3) is 0.100. The predicted molar refractivity (Wildman–Crippen MR) is 55.3 cm³/mol. The van der Waals surface area contributed by atoms with E-state index >= 15 is 0 Å². The monoisotopic (exact) mass is 256 g/mol. The zero-order valence-electron chi connectivity index (χ0n) is 8.82. The SMILES string of the molecule is O=C(NC(F)(F)F)c1nc(-c2ccccc2)n[nH]1. The van der Waals surface area contributed by atoms with Gasteiger partial charge in [0.1, 0.15) is 0 Å². The number of alkyl halides is 3. The van der Waals surface area contributed by atoms with Gasteiger partial charge >= 0.3 is 6.30 Å². The van der Waals surface area contributed by atoms with Crippen LogP contribution in [-0.2, 0) is 0 Å². The van der Waals surface area contributed by atoms with E-state index < -0.39 is 18.0 Å². The van der Waals surface area contributed by atoms with Crippen molar-refractivity contribution in [2.45, 2.75) is 6.30 Å². The molecule has 8 heteroatoms. The van der Waals surface area contributed by atoms with Gasteiger partial charge in [-0.05, 0) is 0 Å². The third kappa shape index (κ3) is 2.84. The van der Waals surface area contributed by atoms with E-state index in [1.54, 1.807) is 30.3 Å². The summed E-state index contributed by atoms with van der Waals surface area (Å²) in [6, 6.07) is 8.57. The van der Waals surface area contributed by atoms with Crippen molar-refractivity contribution in [2.24, 2.45) is 0 Å². The van der Waals surface area contributed by atoms with Crippen molar-refractivity contribution >= 4 is 5.91 Å². The highest BCUT2D eigenvalue weighted by Gasteiger charge is 2.31.